The Hall–Kier alpha value is -1.42. The molecule has 4 N–H and O–H groups in total. The maximum Gasteiger partial charge on any atom is 0.259 e. The molecule has 1 aliphatic heterocycles. The molecule has 7 nitrogen and oxygen atoms in total. The second kappa shape index (κ2) is 7.67. The molecule has 0 aromatic carbocycles. The van der Waals surface area contributed by atoms with Gasteiger partial charge in [0.25, 0.3) is 5.56 Å². The molecule has 0 spiro atoms. The Morgan fingerprint density at radius 3 is 3.08 bits per heavy atom. The first-order valence-electron chi connectivity index (χ1n) is 8.88. The van der Waals surface area contributed by atoms with Crippen LogP contribution in [0.1, 0.15) is 22.7 Å². The molecular formula is C17H22N4O3S2. The van der Waals surface area contributed by atoms with Gasteiger partial charge in [0.05, 0.1) is 23.0 Å². The van der Waals surface area contributed by atoms with Crippen LogP contribution < -0.4 is 16.2 Å². The summed E-state index contributed by atoms with van der Waals surface area (Å²) in [7, 11) is 0. The zero-order valence-corrected chi connectivity index (χ0v) is 16.0. The number of nitrogens with zero attached hydrogens (tertiary/aromatic N) is 1. The minimum atomic E-state index is -0.392. The van der Waals surface area contributed by atoms with Crippen molar-refractivity contribution in [1.29, 1.82) is 0 Å². The van der Waals surface area contributed by atoms with E-state index in [0.717, 1.165) is 36.0 Å². The minimum absolute atomic E-state index is 0.0582. The molecule has 1 amide bonds. The van der Waals surface area contributed by atoms with E-state index in [9.17, 15) is 14.7 Å². The van der Waals surface area contributed by atoms with Gasteiger partial charge in [-0.15, -0.1) is 23.1 Å². The third kappa shape index (κ3) is 3.66. The third-order valence-corrected chi connectivity index (χ3v) is 7.09. The number of H-pyrrole nitrogens is 1. The third-order valence-electron chi connectivity index (χ3n) is 4.96. The van der Waals surface area contributed by atoms with Gasteiger partial charge in [0, 0.05) is 30.4 Å². The van der Waals surface area contributed by atoms with Gasteiger partial charge in [0.2, 0.25) is 5.91 Å². The fourth-order valence-corrected chi connectivity index (χ4v) is 5.58. The van der Waals surface area contributed by atoms with Crippen molar-refractivity contribution >= 4 is 39.2 Å². The van der Waals surface area contributed by atoms with Gasteiger partial charge in [0.1, 0.15) is 10.7 Å². The van der Waals surface area contributed by atoms with Crippen molar-refractivity contribution in [2.24, 2.45) is 5.92 Å². The number of rotatable bonds is 6. The molecule has 0 radical (unpaired) electrons. The Labute approximate surface area is 159 Å². The Morgan fingerprint density at radius 1 is 1.38 bits per heavy atom. The highest BCUT2D eigenvalue weighted by Gasteiger charge is 2.25. The summed E-state index contributed by atoms with van der Waals surface area (Å²) in [4.78, 5) is 33.9. The summed E-state index contributed by atoms with van der Waals surface area (Å²) in [6.45, 7) is 1.79. The number of fused-ring (bicyclic) bond motifs is 3. The molecule has 2 unspecified atom stereocenters. The zero-order valence-electron chi connectivity index (χ0n) is 14.3. The molecule has 4 rings (SSSR count). The number of aliphatic hydroxyl groups excluding tert-OH is 1. The molecule has 0 saturated carbocycles. The average Bonchev–Trinajstić information content (AvgIpc) is 3.28. The van der Waals surface area contributed by atoms with Crippen molar-refractivity contribution < 1.29 is 9.90 Å². The second-order valence-corrected chi connectivity index (χ2v) is 8.90. The number of hydrogen-bond donors (Lipinski definition) is 4. The first-order valence-corrected chi connectivity index (χ1v) is 10.9. The quantitative estimate of drug-likeness (QED) is 0.565. The predicted molar refractivity (Wildman–Crippen MR) is 104 cm³/mol. The number of nitrogens with one attached hydrogen (secondary N) is 3. The number of aliphatic hydroxyl groups is 1. The van der Waals surface area contributed by atoms with Crippen LogP contribution >= 0.6 is 23.1 Å². The van der Waals surface area contributed by atoms with Gasteiger partial charge in [-0.1, -0.05) is 0 Å². The molecule has 2 aromatic rings. The summed E-state index contributed by atoms with van der Waals surface area (Å²) in [5.74, 6) is 1.43. The number of hydrogen-bond acceptors (Lipinski definition) is 7. The first-order chi connectivity index (χ1) is 12.6. The SMILES string of the molecule is O=C(CSCc1nc2sc3c(c2c(=O)[nH]1)CCC3)NCC1CNCC1O. The molecule has 3 heterocycles. The maximum atomic E-state index is 12.4. The highest BCUT2D eigenvalue weighted by Crippen LogP contribution is 2.34. The molecule has 26 heavy (non-hydrogen) atoms. The number of aromatic amines is 1. The second-order valence-electron chi connectivity index (χ2n) is 6.83. The van der Waals surface area contributed by atoms with E-state index in [1.165, 1.54) is 22.2 Å². The van der Waals surface area contributed by atoms with Gasteiger partial charge < -0.3 is 20.7 Å². The van der Waals surface area contributed by atoms with E-state index in [4.69, 9.17) is 0 Å². The van der Waals surface area contributed by atoms with Gasteiger partial charge in [-0.2, -0.15) is 0 Å². The lowest BCUT2D eigenvalue weighted by molar-refractivity contribution is -0.118. The summed E-state index contributed by atoms with van der Waals surface area (Å²) < 4.78 is 0. The summed E-state index contributed by atoms with van der Waals surface area (Å²) in [5, 5.41) is 16.4. The molecule has 1 saturated heterocycles. The summed E-state index contributed by atoms with van der Waals surface area (Å²) in [6.07, 6.45) is 2.75. The van der Waals surface area contributed by atoms with Crippen molar-refractivity contribution in [2.45, 2.75) is 31.1 Å². The predicted octanol–water partition coefficient (Wildman–Crippen LogP) is 0.403. The van der Waals surface area contributed by atoms with E-state index in [0.29, 0.717) is 30.4 Å². The molecule has 1 fully saturated rings. The number of carbonyl (C=O) groups excluding carboxylic acids is 1. The van der Waals surface area contributed by atoms with Gasteiger partial charge in [-0.25, -0.2) is 4.98 Å². The van der Waals surface area contributed by atoms with Crippen LogP contribution in [0.5, 0.6) is 0 Å². The monoisotopic (exact) mass is 394 g/mol. The molecule has 0 bridgehead atoms. The standard InChI is InChI=1S/C17H22N4O3S2/c22-11-6-18-4-9(11)5-19-14(23)8-25-7-13-20-16(24)15-10-2-1-3-12(10)26-17(15)21-13/h9,11,18,22H,1-8H2,(H,19,23)(H,20,21,24). The van der Waals surface area contributed by atoms with Crippen LogP contribution in [0.2, 0.25) is 0 Å². The van der Waals surface area contributed by atoms with Gasteiger partial charge >= 0.3 is 0 Å². The van der Waals surface area contributed by atoms with Crippen molar-refractivity contribution in [3.63, 3.8) is 0 Å². The Kier molecular flexibility index (Phi) is 5.30. The zero-order chi connectivity index (χ0) is 18.1. The number of thioether (sulfide) groups is 1. The first kappa shape index (κ1) is 18.0. The molecular weight excluding hydrogens is 372 g/mol. The van der Waals surface area contributed by atoms with Gasteiger partial charge in [-0.3, -0.25) is 9.59 Å². The average molecular weight is 395 g/mol. The molecule has 9 heteroatoms. The fraction of sp³-hybridized carbons (Fsp3) is 0.588. The molecule has 2 aliphatic rings. The Balaban J connectivity index is 1.30. The van der Waals surface area contributed by atoms with E-state index in [-0.39, 0.29) is 17.4 Å². The lowest BCUT2D eigenvalue weighted by Gasteiger charge is -2.13. The van der Waals surface area contributed by atoms with E-state index in [1.807, 2.05) is 0 Å². The number of thiophene rings is 1. The number of carbonyl (C=O) groups is 1. The minimum Gasteiger partial charge on any atom is -0.391 e. The highest BCUT2D eigenvalue weighted by molar-refractivity contribution is 7.99. The number of aryl methyl sites for hydroxylation is 2. The molecule has 2 aromatic heterocycles. The highest BCUT2D eigenvalue weighted by atomic mass is 32.2. The van der Waals surface area contributed by atoms with Crippen molar-refractivity contribution in [3.8, 4) is 0 Å². The van der Waals surface area contributed by atoms with Crippen LogP contribution in [0.3, 0.4) is 0 Å². The van der Waals surface area contributed by atoms with Gasteiger partial charge in [-0.05, 0) is 24.8 Å². The lowest BCUT2D eigenvalue weighted by Crippen LogP contribution is -2.35. The number of amides is 1. The molecule has 140 valence electrons. The van der Waals surface area contributed by atoms with Crippen LogP contribution in [-0.4, -0.2) is 52.5 Å². The molecule has 2 atom stereocenters. The van der Waals surface area contributed by atoms with Crippen molar-refractivity contribution in [1.82, 2.24) is 20.6 Å². The van der Waals surface area contributed by atoms with Crippen LogP contribution in [0, 0.1) is 5.92 Å². The van der Waals surface area contributed by atoms with Gasteiger partial charge in [0.15, 0.2) is 0 Å². The molecule has 1 aliphatic carbocycles. The largest absolute Gasteiger partial charge is 0.391 e. The van der Waals surface area contributed by atoms with E-state index in [1.54, 1.807) is 11.3 Å². The Morgan fingerprint density at radius 2 is 2.27 bits per heavy atom. The number of β-amino-alcohol motifs (C(OH)–C–C–N with tert-alkyl or cyclic N) is 1. The van der Waals surface area contributed by atoms with Crippen molar-refractivity contribution in [3.05, 3.63) is 26.6 Å². The number of aromatic nitrogens is 2. The fourth-order valence-electron chi connectivity index (χ4n) is 3.58. The summed E-state index contributed by atoms with van der Waals surface area (Å²) in [6, 6.07) is 0. The van der Waals surface area contributed by atoms with E-state index in [2.05, 4.69) is 20.6 Å². The van der Waals surface area contributed by atoms with E-state index < -0.39 is 6.10 Å². The lowest BCUT2D eigenvalue weighted by atomic mass is 10.1. The topological polar surface area (TPSA) is 107 Å². The smallest absolute Gasteiger partial charge is 0.259 e. The van der Waals surface area contributed by atoms with Crippen LogP contribution in [0.25, 0.3) is 10.2 Å². The van der Waals surface area contributed by atoms with Crippen LogP contribution in [-0.2, 0) is 23.4 Å². The summed E-state index contributed by atoms with van der Waals surface area (Å²) in [5.41, 5.74) is 1.12. The van der Waals surface area contributed by atoms with E-state index >= 15 is 0 Å². The Bertz CT molecular complexity index is 879. The summed E-state index contributed by atoms with van der Waals surface area (Å²) >= 11 is 3.06. The van der Waals surface area contributed by atoms with Crippen LogP contribution in [0.4, 0.5) is 0 Å². The normalized spacial score (nSPS) is 22.0. The van der Waals surface area contributed by atoms with Crippen LogP contribution in [0.15, 0.2) is 4.79 Å². The van der Waals surface area contributed by atoms with Crippen molar-refractivity contribution in [2.75, 3.05) is 25.4 Å². The maximum absolute atomic E-state index is 12.4.